The Hall–Kier alpha value is -1.11. The molecule has 1 saturated heterocycles. The first-order chi connectivity index (χ1) is 14.5. The van der Waals surface area contributed by atoms with E-state index in [4.69, 9.17) is 24.4 Å². The van der Waals surface area contributed by atoms with Crippen molar-refractivity contribution >= 4 is 7.82 Å². The SMILES string of the molecule is O=P(O)(O)OC[C@H]1O[C@@H](n2cc(CO[C@H](CO)[C@@H](O)[C@H](O)[C@@H](O)CO)nn2)[C@H](O)[C@@H]1O. The van der Waals surface area contributed by atoms with Gasteiger partial charge in [-0.15, -0.1) is 5.10 Å². The predicted octanol–water partition coefficient (Wildman–Crippen LogP) is -5.04. The second kappa shape index (κ2) is 11.2. The lowest BCUT2D eigenvalue weighted by Crippen LogP contribution is -2.48. The highest BCUT2D eigenvalue weighted by Gasteiger charge is 2.45. The summed E-state index contributed by atoms with van der Waals surface area (Å²) in [6.07, 6.45) is -10.8. The van der Waals surface area contributed by atoms with Crippen LogP contribution in [-0.4, -0.2) is 123 Å². The van der Waals surface area contributed by atoms with Crippen molar-refractivity contribution in [3.05, 3.63) is 11.9 Å². The lowest BCUT2D eigenvalue weighted by molar-refractivity contribution is -0.144. The zero-order valence-electron chi connectivity index (χ0n) is 16.0. The fourth-order valence-electron chi connectivity index (χ4n) is 2.77. The summed E-state index contributed by atoms with van der Waals surface area (Å²) in [4.78, 5) is 17.5. The fraction of sp³-hybridized carbons (Fsp3) is 0.857. The van der Waals surface area contributed by atoms with E-state index in [0.717, 1.165) is 4.68 Å². The van der Waals surface area contributed by atoms with E-state index in [9.17, 15) is 35.2 Å². The number of aliphatic hydroxyl groups is 7. The van der Waals surface area contributed by atoms with Gasteiger partial charge in [-0.1, -0.05) is 5.21 Å². The Kier molecular flexibility index (Phi) is 9.41. The van der Waals surface area contributed by atoms with E-state index in [-0.39, 0.29) is 12.3 Å². The standard InChI is InChI=1S/C14H26N3O13P/c18-2-7(20)10(21)11(22)8(3-19)28-4-6-1-17(16-15-6)14-13(24)12(23)9(30-14)5-29-31(25,26)27/h1,7-14,18-24H,2-5H2,(H2,25,26,27)/t7-,8+,9+,10+,11+,12+,13+,14+/m0/s1. The molecule has 1 aliphatic rings. The molecule has 1 aliphatic heterocycles. The molecular weight excluding hydrogens is 449 g/mol. The van der Waals surface area contributed by atoms with E-state index in [0.29, 0.717) is 0 Å². The van der Waals surface area contributed by atoms with Gasteiger partial charge in [0.25, 0.3) is 0 Å². The van der Waals surface area contributed by atoms with Gasteiger partial charge in [-0.2, -0.15) is 0 Å². The van der Waals surface area contributed by atoms with Crippen molar-refractivity contribution in [2.45, 2.75) is 55.6 Å². The van der Waals surface area contributed by atoms with Crippen LogP contribution in [0.1, 0.15) is 11.9 Å². The van der Waals surface area contributed by atoms with Gasteiger partial charge < -0.3 is 55.0 Å². The molecule has 0 unspecified atom stereocenters. The highest BCUT2D eigenvalue weighted by molar-refractivity contribution is 7.46. The summed E-state index contributed by atoms with van der Waals surface area (Å²) < 4.78 is 26.6. The highest BCUT2D eigenvalue weighted by Crippen LogP contribution is 2.38. The van der Waals surface area contributed by atoms with Crippen LogP contribution in [0.2, 0.25) is 0 Å². The van der Waals surface area contributed by atoms with Crippen molar-refractivity contribution in [1.82, 2.24) is 15.0 Å². The van der Waals surface area contributed by atoms with Crippen molar-refractivity contribution in [2.24, 2.45) is 0 Å². The zero-order valence-corrected chi connectivity index (χ0v) is 16.9. The molecule has 0 radical (unpaired) electrons. The second-order valence-corrected chi connectivity index (χ2v) is 8.03. The van der Waals surface area contributed by atoms with Gasteiger partial charge >= 0.3 is 7.82 Å². The predicted molar refractivity (Wildman–Crippen MR) is 94.7 cm³/mol. The minimum Gasteiger partial charge on any atom is -0.394 e. The van der Waals surface area contributed by atoms with Crippen LogP contribution in [0.25, 0.3) is 0 Å². The summed E-state index contributed by atoms with van der Waals surface area (Å²) in [5.41, 5.74) is 0.128. The van der Waals surface area contributed by atoms with Gasteiger partial charge in [0.05, 0.1) is 32.6 Å². The summed E-state index contributed by atoms with van der Waals surface area (Å²) in [6.45, 7) is -2.58. The van der Waals surface area contributed by atoms with Gasteiger partial charge in [0.2, 0.25) is 0 Å². The molecule has 0 aromatic carbocycles. The van der Waals surface area contributed by atoms with E-state index < -0.39 is 76.6 Å². The Labute approximate surface area is 175 Å². The van der Waals surface area contributed by atoms with Crippen molar-refractivity contribution in [3.8, 4) is 0 Å². The van der Waals surface area contributed by atoms with E-state index in [1.54, 1.807) is 0 Å². The quantitative estimate of drug-likeness (QED) is 0.128. The molecule has 2 heterocycles. The third-order valence-corrected chi connectivity index (χ3v) is 4.99. The molecule has 0 amide bonds. The van der Waals surface area contributed by atoms with E-state index in [1.165, 1.54) is 6.20 Å². The summed E-state index contributed by atoms with van der Waals surface area (Å²) in [5.74, 6) is 0. The largest absolute Gasteiger partial charge is 0.469 e. The fourth-order valence-corrected chi connectivity index (χ4v) is 3.11. The highest BCUT2D eigenvalue weighted by atomic mass is 31.2. The number of phosphoric ester groups is 1. The van der Waals surface area contributed by atoms with Crippen molar-refractivity contribution in [2.75, 3.05) is 19.8 Å². The third kappa shape index (κ3) is 6.93. The van der Waals surface area contributed by atoms with Gasteiger partial charge in [0.1, 0.15) is 48.4 Å². The average Bonchev–Trinajstić information content (AvgIpc) is 3.30. The Balaban J connectivity index is 1.96. The Bertz CT molecular complexity index is 732. The molecular formula is C14H26N3O13P. The molecule has 2 rings (SSSR count). The van der Waals surface area contributed by atoms with Crippen LogP contribution in [0.4, 0.5) is 0 Å². The van der Waals surface area contributed by atoms with Gasteiger partial charge in [-0.3, -0.25) is 4.52 Å². The van der Waals surface area contributed by atoms with Gasteiger partial charge in [-0.25, -0.2) is 9.25 Å². The molecule has 16 nitrogen and oxygen atoms in total. The van der Waals surface area contributed by atoms with Crippen LogP contribution in [0.15, 0.2) is 6.20 Å². The molecule has 9 N–H and O–H groups in total. The monoisotopic (exact) mass is 475 g/mol. The first-order valence-electron chi connectivity index (χ1n) is 8.98. The van der Waals surface area contributed by atoms with Crippen LogP contribution in [0.5, 0.6) is 0 Å². The lowest BCUT2D eigenvalue weighted by atomic mass is 10.0. The molecule has 0 saturated carbocycles. The number of aromatic nitrogens is 3. The molecule has 0 bridgehead atoms. The summed E-state index contributed by atoms with van der Waals surface area (Å²) in [6, 6.07) is 0. The van der Waals surface area contributed by atoms with Gasteiger partial charge in [0, 0.05) is 0 Å². The molecule has 0 spiro atoms. The maximum absolute atomic E-state index is 10.8. The Morgan fingerprint density at radius 2 is 1.81 bits per heavy atom. The van der Waals surface area contributed by atoms with Crippen LogP contribution in [0, 0.1) is 0 Å². The first kappa shape index (κ1) is 26.1. The molecule has 31 heavy (non-hydrogen) atoms. The van der Waals surface area contributed by atoms with Crippen LogP contribution in [-0.2, 0) is 25.2 Å². The van der Waals surface area contributed by atoms with Crippen molar-refractivity contribution in [3.63, 3.8) is 0 Å². The molecule has 1 aromatic heterocycles. The van der Waals surface area contributed by atoms with Crippen LogP contribution < -0.4 is 0 Å². The summed E-state index contributed by atoms with van der Waals surface area (Å²) in [5, 5.41) is 74.7. The molecule has 8 atom stereocenters. The third-order valence-electron chi connectivity index (χ3n) is 4.50. The van der Waals surface area contributed by atoms with E-state index in [2.05, 4.69) is 14.8 Å². The Morgan fingerprint density at radius 3 is 2.39 bits per heavy atom. The van der Waals surface area contributed by atoms with Crippen molar-refractivity contribution < 1.29 is 64.1 Å². The number of ether oxygens (including phenoxy) is 2. The van der Waals surface area contributed by atoms with E-state index in [1.807, 2.05) is 0 Å². The number of rotatable bonds is 12. The smallest absolute Gasteiger partial charge is 0.394 e. The number of hydrogen-bond donors (Lipinski definition) is 9. The molecule has 180 valence electrons. The topological polar surface area (TPSA) is 258 Å². The average molecular weight is 475 g/mol. The minimum absolute atomic E-state index is 0.128. The van der Waals surface area contributed by atoms with Gasteiger partial charge in [-0.05, 0) is 0 Å². The van der Waals surface area contributed by atoms with Crippen molar-refractivity contribution in [1.29, 1.82) is 0 Å². The number of hydrogen-bond acceptors (Lipinski definition) is 13. The summed E-state index contributed by atoms with van der Waals surface area (Å²) >= 11 is 0. The first-order valence-corrected chi connectivity index (χ1v) is 10.5. The maximum Gasteiger partial charge on any atom is 0.469 e. The molecule has 17 heteroatoms. The van der Waals surface area contributed by atoms with Crippen LogP contribution >= 0.6 is 7.82 Å². The number of aliphatic hydroxyl groups excluding tert-OH is 7. The zero-order chi connectivity index (χ0) is 23.3. The minimum atomic E-state index is -4.81. The normalized spacial score (nSPS) is 28.4. The van der Waals surface area contributed by atoms with Crippen LogP contribution in [0.3, 0.4) is 0 Å². The molecule has 0 aliphatic carbocycles. The molecule has 1 aromatic rings. The second-order valence-electron chi connectivity index (χ2n) is 6.79. The van der Waals surface area contributed by atoms with Gasteiger partial charge in [0.15, 0.2) is 6.23 Å². The van der Waals surface area contributed by atoms with E-state index >= 15 is 0 Å². The Morgan fingerprint density at radius 1 is 1.13 bits per heavy atom. The lowest BCUT2D eigenvalue weighted by Gasteiger charge is -2.27. The maximum atomic E-state index is 10.8. The number of nitrogens with zero attached hydrogens (tertiary/aromatic N) is 3. The molecule has 1 fully saturated rings. The summed E-state index contributed by atoms with van der Waals surface area (Å²) in [7, 11) is -4.81. The number of phosphoric acid groups is 1.